The number of carbonyl (C=O) groups excluding carboxylic acids is 2. The number of carbonyl (C=O) groups is 2. The first kappa shape index (κ1) is 22.6. The van der Waals surface area contributed by atoms with Crippen molar-refractivity contribution in [3.63, 3.8) is 0 Å². The average molecular weight is 458 g/mol. The van der Waals surface area contributed by atoms with Crippen LogP contribution < -0.4 is 15.1 Å². The summed E-state index contributed by atoms with van der Waals surface area (Å²) in [5.41, 5.74) is 4.66. The highest BCUT2D eigenvalue weighted by Crippen LogP contribution is 2.40. The smallest absolute Gasteiger partial charge is 0.272 e. The number of hydrogen-bond acceptors (Lipinski definition) is 3. The fraction of sp³-hybridized carbons (Fsp3) is 0.357. The van der Waals surface area contributed by atoms with Crippen molar-refractivity contribution in [1.82, 2.24) is 14.8 Å². The summed E-state index contributed by atoms with van der Waals surface area (Å²) in [4.78, 5) is 28.6. The molecule has 0 radical (unpaired) electrons. The predicted octanol–water partition coefficient (Wildman–Crippen LogP) is 4.66. The van der Waals surface area contributed by atoms with E-state index in [1.54, 1.807) is 24.4 Å². The number of ketones is 1. The monoisotopic (exact) mass is 457 g/mol. The summed E-state index contributed by atoms with van der Waals surface area (Å²) in [6, 6.07) is 18.4. The fourth-order valence-electron chi connectivity index (χ4n) is 5.92. The number of nitrogens with one attached hydrogen (secondary N) is 3. The third-order valence-electron chi connectivity index (χ3n) is 7.79. The largest absolute Gasteiger partial charge is 0.356 e. The molecule has 6 nitrogen and oxygen atoms in total. The van der Waals surface area contributed by atoms with Crippen molar-refractivity contribution in [1.29, 1.82) is 0 Å². The summed E-state index contributed by atoms with van der Waals surface area (Å²) < 4.78 is 1.05. The van der Waals surface area contributed by atoms with Crippen LogP contribution in [-0.2, 0) is 0 Å². The number of quaternary nitrogens is 1. The maximum absolute atomic E-state index is 12.9. The minimum Gasteiger partial charge on any atom is -0.356 e. The SMILES string of the molecule is Cc1cc([N+]2(C3CCNC3)CCCC2C)ccc1NC(=O)c1cc(C(=O)c2ccccc2)c[nH]1. The van der Waals surface area contributed by atoms with Crippen molar-refractivity contribution < 1.29 is 9.59 Å². The van der Waals surface area contributed by atoms with Gasteiger partial charge in [0.2, 0.25) is 0 Å². The Morgan fingerprint density at radius 2 is 1.85 bits per heavy atom. The first-order chi connectivity index (χ1) is 16.5. The van der Waals surface area contributed by atoms with Gasteiger partial charge >= 0.3 is 0 Å². The molecule has 1 amide bonds. The lowest BCUT2D eigenvalue weighted by molar-refractivity contribution is 0.102. The van der Waals surface area contributed by atoms with Gasteiger partial charge in [0.15, 0.2) is 5.78 Å². The second kappa shape index (κ2) is 9.20. The lowest BCUT2D eigenvalue weighted by Crippen LogP contribution is -2.59. The van der Waals surface area contributed by atoms with Crippen LogP contribution in [0.4, 0.5) is 11.4 Å². The maximum Gasteiger partial charge on any atom is 0.272 e. The Hall–Kier alpha value is -3.22. The minimum atomic E-state index is -0.249. The second-order valence-corrected chi connectivity index (χ2v) is 9.74. The molecule has 34 heavy (non-hydrogen) atoms. The molecule has 0 spiro atoms. The van der Waals surface area contributed by atoms with E-state index in [4.69, 9.17) is 0 Å². The molecule has 0 aliphatic carbocycles. The molecule has 0 bridgehead atoms. The zero-order chi connectivity index (χ0) is 23.7. The highest BCUT2D eigenvalue weighted by molar-refractivity contribution is 6.11. The third-order valence-corrected chi connectivity index (χ3v) is 7.79. The van der Waals surface area contributed by atoms with E-state index in [-0.39, 0.29) is 11.7 Å². The Balaban J connectivity index is 1.34. The topological polar surface area (TPSA) is 74.0 Å². The second-order valence-electron chi connectivity index (χ2n) is 9.74. The highest BCUT2D eigenvalue weighted by Gasteiger charge is 2.48. The molecular weight excluding hydrogens is 424 g/mol. The third kappa shape index (κ3) is 3.97. The molecule has 0 saturated carbocycles. The molecule has 2 aliphatic heterocycles. The van der Waals surface area contributed by atoms with Crippen molar-refractivity contribution >= 4 is 23.1 Å². The number of anilines is 1. The van der Waals surface area contributed by atoms with E-state index < -0.39 is 0 Å². The van der Waals surface area contributed by atoms with Crippen LogP contribution in [0.25, 0.3) is 0 Å². The molecule has 3 atom stereocenters. The summed E-state index contributed by atoms with van der Waals surface area (Å²) in [7, 11) is 0. The molecule has 3 aromatic rings. The number of hydrogen-bond donors (Lipinski definition) is 3. The number of aromatic amines is 1. The van der Waals surface area contributed by atoms with E-state index in [0.717, 1.165) is 28.8 Å². The highest BCUT2D eigenvalue weighted by atomic mass is 16.2. The number of aryl methyl sites for hydroxylation is 1. The Labute approximate surface area is 201 Å². The van der Waals surface area contributed by atoms with Crippen LogP contribution >= 0.6 is 0 Å². The average Bonchev–Trinajstić information content (AvgIpc) is 3.62. The molecule has 2 aliphatic rings. The quantitative estimate of drug-likeness (QED) is 0.372. The van der Waals surface area contributed by atoms with E-state index in [2.05, 4.69) is 41.6 Å². The summed E-state index contributed by atoms with van der Waals surface area (Å²) in [6.07, 6.45) is 5.31. The maximum atomic E-state index is 12.9. The predicted molar refractivity (Wildman–Crippen MR) is 136 cm³/mol. The Kier molecular flexibility index (Phi) is 6.11. The molecule has 1 aromatic heterocycles. The van der Waals surface area contributed by atoms with Crippen LogP contribution in [0.5, 0.6) is 0 Å². The number of aromatic nitrogens is 1. The number of benzene rings is 2. The van der Waals surface area contributed by atoms with Gasteiger partial charge in [0, 0.05) is 67.5 Å². The summed E-state index contributed by atoms with van der Waals surface area (Å²) >= 11 is 0. The number of likely N-dealkylation sites (tertiary alicyclic amines) is 1. The van der Waals surface area contributed by atoms with Gasteiger partial charge in [-0.05, 0) is 31.5 Å². The van der Waals surface area contributed by atoms with Crippen molar-refractivity contribution in [3.05, 3.63) is 83.2 Å². The van der Waals surface area contributed by atoms with Gasteiger partial charge in [-0.1, -0.05) is 30.3 Å². The first-order valence-corrected chi connectivity index (χ1v) is 12.3. The molecule has 3 N–H and O–H groups in total. The van der Waals surface area contributed by atoms with E-state index in [0.29, 0.717) is 28.9 Å². The van der Waals surface area contributed by atoms with Gasteiger partial charge in [-0.15, -0.1) is 0 Å². The lowest BCUT2D eigenvalue weighted by atomic mass is 10.0. The first-order valence-electron chi connectivity index (χ1n) is 12.3. The number of H-pyrrole nitrogens is 1. The van der Waals surface area contributed by atoms with E-state index in [9.17, 15) is 9.59 Å². The molecule has 2 fully saturated rings. The lowest BCUT2D eigenvalue weighted by Gasteiger charge is -2.43. The van der Waals surface area contributed by atoms with Crippen LogP contribution in [0, 0.1) is 6.92 Å². The van der Waals surface area contributed by atoms with E-state index in [1.807, 2.05) is 24.3 Å². The van der Waals surface area contributed by atoms with Gasteiger partial charge in [-0.25, -0.2) is 0 Å². The molecular formula is C28H33N4O2+. The van der Waals surface area contributed by atoms with Crippen LogP contribution in [0.3, 0.4) is 0 Å². The molecule has 6 heteroatoms. The van der Waals surface area contributed by atoms with Crippen LogP contribution in [-0.4, -0.2) is 48.4 Å². The summed E-state index contributed by atoms with van der Waals surface area (Å²) in [5.74, 6) is -0.354. The normalized spacial score (nSPS) is 24.3. The fourth-order valence-corrected chi connectivity index (χ4v) is 5.92. The van der Waals surface area contributed by atoms with Gasteiger partial charge in [0.1, 0.15) is 17.4 Å². The van der Waals surface area contributed by atoms with Crippen molar-refractivity contribution in [3.8, 4) is 0 Å². The van der Waals surface area contributed by atoms with Gasteiger partial charge < -0.3 is 15.6 Å². The Bertz CT molecular complexity index is 1200. The molecule has 3 heterocycles. The molecule has 3 unspecified atom stereocenters. The summed E-state index contributed by atoms with van der Waals surface area (Å²) in [6.45, 7) is 7.78. The van der Waals surface area contributed by atoms with Gasteiger partial charge in [0.05, 0.1) is 12.6 Å². The van der Waals surface area contributed by atoms with Crippen LogP contribution in [0.2, 0.25) is 0 Å². The van der Waals surface area contributed by atoms with E-state index in [1.165, 1.54) is 31.5 Å². The van der Waals surface area contributed by atoms with Crippen LogP contribution in [0.15, 0.2) is 60.8 Å². The van der Waals surface area contributed by atoms with Gasteiger partial charge in [-0.3, -0.25) is 14.1 Å². The molecule has 5 rings (SSSR count). The van der Waals surface area contributed by atoms with Crippen LogP contribution in [0.1, 0.15) is 58.2 Å². The minimum absolute atomic E-state index is 0.105. The molecule has 2 saturated heterocycles. The molecule has 176 valence electrons. The number of rotatable bonds is 6. The summed E-state index contributed by atoms with van der Waals surface area (Å²) in [5, 5.41) is 6.58. The van der Waals surface area contributed by atoms with Crippen molar-refractivity contribution in [2.24, 2.45) is 0 Å². The number of nitrogens with zero attached hydrogens (tertiary/aromatic N) is 1. The van der Waals surface area contributed by atoms with Gasteiger partial charge in [0.25, 0.3) is 5.91 Å². The van der Waals surface area contributed by atoms with E-state index >= 15 is 0 Å². The van der Waals surface area contributed by atoms with Gasteiger partial charge in [-0.2, -0.15) is 0 Å². The van der Waals surface area contributed by atoms with Crippen molar-refractivity contribution in [2.75, 3.05) is 25.0 Å². The Morgan fingerprint density at radius 3 is 2.53 bits per heavy atom. The number of amides is 1. The zero-order valence-electron chi connectivity index (χ0n) is 19.9. The standard InChI is InChI=1S/C28H32N4O2/c1-19-15-23(32(14-6-7-20(32)2)24-12-13-29-18-24)10-11-25(19)31-28(34)26-16-22(17-30-26)27(33)21-8-4-3-5-9-21/h3-5,8-11,15-17,20,24,29H,6-7,12-14,18H2,1-2H3,(H-,30,31,33,34)/p+1. The molecule has 2 aromatic carbocycles. The van der Waals surface area contributed by atoms with Crippen molar-refractivity contribution in [2.45, 2.75) is 45.2 Å². The zero-order valence-corrected chi connectivity index (χ0v) is 19.9. The Morgan fingerprint density at radius 1 is 1.03 bits per heavy atom.